The van der Waals surface area contributed by atoms with Crippen molar-refractivity contribution in [2.24, 2.45) is 0 Å². The van der Waals surface area contributed by atoms with Crippen LogP contribution in [0.3, 0.4) is 0 Å². The maximum atomic E-state index is 8.79. The van der Waals surface area contributed by atoms with Crippen molar-refractivity contribution in [2.75, 3.05) is 0 Å². The Morgan fingerprint density at radius 3 is 2.41 bits per heavy atom. The first kappa shape index (κ1) is 10.9. The summed E-state index contributed by atoms with van der Waals surface area (Å²) in [5.41, 5.74) is 2.95. The van der Waals surface area contributed by atoms with Crippen LogP contribution in [0.15, 0.2) is 42.5 Å². The van der Waals surface area contributed by atoms with Gasteiger partial charge in [-0.05, 0) is 37.1 Å². The molecule has 0 fully saturated rings. The number of pyridine rings is 1. The van der Waals surface area contributed by atoms with E-state index in [1.807, 2.05) is 37.3 Å². The Morgan fingerprint density at radius 2 is 1.76 bits per heavy atom. The van der Waals surface area contributed by atoms with Gasteiger partial charge in [-0.1, -0.05) is 24.1 Å². The van der Waals surface area contributed by atoms with Crippen molar-refractivity contribution in [1.29, 1.82) is 5.26 Å². The second-order valence-electron chi connectivity index (χ2n) is 3.56. The first-order valence-corrected chi connectivity index (χ1v) is 5.24. The predicted molar refractivity (Wildman–Crippen MR) is 66.1 cm³/mol. The molecule has 0 unspecified atom stereocenters. The molecular weight excluding hydrogens is 208 g/mol. The third-order valence-corrected chi connectivity index (χ3v) is 2.31. The summed E-state index contributed by atoms with van der Waals surface area (Å²) >= 11 is 0. The molecular formula is C15H10N2. The van der Waals surface area contributed by atoms with Crippen molar-refractivity contribution in [2.45, 2.75) is 6.92 Å². The van der Waals surface area contributed by atoms with Crippen LogP contribution in [0, 0.1) is 30.1 Å². The fourth-order valence-corrected chi connectivity index (χ4v) is 1.41. The van der Waals surface area contributed by atoms with E-state index >= 15 is 0 Å². The number of nitrogens with zero attached hydrogens (tertiary/aromatic N) is 2. The van der Waals surface area contributed by atoms with Crippen LogP contribution in [-0.4, -0.2) is 4.98 Å². The molecule has 0 spiro atoms. The van der Waals surface area contributed by atoms with Gasteiger partial charge in [-0.15, -0.1) is 0 Å². The Hall–Kier alpha value is -2.58. The number of aryl methyl sites for hydroxylation is 1. The van der Waals surface area contributed by atoms with Crippen LogP contribution in [-0.2, 0) is 0 Å². The van der Waals surface area contributed by atoms with Gasteiger partial charge >= 0.3 is 0 Å². The molecule has 0 aliphatic rings. The predicted octanol–water partition coefficient (Wildman–Crippen LogP) is 2.66. The van der Waals surface area contributed by atoms with E-state index in [-0.39, 0.29) is 0 Å². The highest BCUT2D eigenvalue weighted by Gasteiger charge is 1.98. The number of benzene rings is 1. The lowest BCUT2D eigenvalue weighted by Gasteiger charge is -1.95. The average molecular weight is 218 g/mol. The normalized spacial score (nSPS) is 8.94. The minimum atomic E-state index is 0.593. The molecule has 80 valence electrons. The van der Waals surface area contributed by atoms with Gasteiger partial charge in [-0.2, -0.15) is 5.26 Å². The van der Waals surface area contributed by atoms with E-state index in [0.717, 1.165) is 5.56 Å². The molecule has 0 N–H and O–H groups in total. The fourth-order valence-electron chi connectivity index (χ4n) is 1.41. The molecule has 0 saturated heterocycles. The van der Waals surface area contributed by atoms with E-state index in [2.05, 4.69) is 22.9 Å². The Bertz CT molecular complexity index is 625. The second-order valence-corrected chi connectivity index (χ2v) is 3.56. The van der Waals surface area contributed by atoms with E-state index in [1.165, 1.54) is 0 Å². The summed E-state index contributed by atoms with van der Waals surface area (Å²) in [5.74, 6) is 6.01. The van der Waals surface area contributed by atoms with E-state index < -0.39 is 0 Å². The molecule has 2 rings (SSSR count). The summed E-state index contributed by atoms with van der Waals surface area (Å²) in [4.78, 5) is 4.26. The molecule has 2 aromatic rings. The fraction of sp³-hybridized carbons (Fsp3) is 0.0667. The van der Waals surface area contributed by atoms with Crippen molar-refractivity contribution in [1.82, 2.24) is 4.98 Å². The minimum absolute atomic E-state index is 0.593. The average Bonchev–Trinajstić information content (AvgIpc) is 2.38. The zero-order valence-corrected chi connectivity index (χ0v) is 9.44. The van der Waals surface area contributed by atoms with Crippen LogP contribution in [0.4, 0.5) is 0 Å². The maximum Gasteiger partial charge on any atom is 0.113 e. The van der Waals surface area contributed by atoms with Gasteiger partial charge in [-0.3, -0.25) is 0 Å². The molecule has 0 radical (unpaired) electrons. The smallest absolute Gasteiger partial charge is 0.113 e. The molecule has 0 atom stereocenters. The quantitative estimate of drug-likeness (QED) is 0.637. The minimum Gasteiger partial charge on any atom is -0.243 e. The highest BCUT2D eigenvalue weighted by Crippen LogP contribution is 2.04. The molecule has 1 aromatic heterocycles. The zero-order valence-electron chi connectivity index (χ0n) is 9.44. The Balaban J connectivity index is 2.30. The monoisotopic (exact) mass is 218 g/mol. The van der Waals surface area contributed by atoms with Crippen LogP contribution in [0.25, 0.3) is 0 Å². The lowest BCUT2D eigenvalue weighted by atomic mass is 10.2. The van der Waals surface area contributed by atoms with Gasteiger partial charge in [0.25, 0.3) is 0 Å². The largest absolute Gasteiger partial charge is 0.243 e. The van der Waals surface area contributed by atoms with E-state index in [1.54, 1.807) is 12.1 Å². The summed E-state index contributed by atoms with van der Waals surface area (Å²) in [5, 5.41) is 8.79. The Kier molecular flexibility index (Phi) is 3.19. The summed E-state index contributed by atoms with van der Waals surface area (Å²) in [6.45, 7) is 1.81. The third-order valence-electron chi connectivity index (χ3n) is 2.31. The van der Waals surface area contributed by atoms with Gasteiger partial charge in [-0.25, -0.2) is 4.98 Å². The molecule has 1 aromatic carbocycles. The lowest BCUT2D eigenvalue weighted by Crippen LogP contribution is -1.90. The van der Waals surface area contributed by atoms with Crippen LogP contribution in [0.2, 0.25) is 0 Å². The van der Waals surface area contributed by atoms with Crippen molar-refractivity contribution in [3.63, 3.8) is 0 Å². The summed E-state index contributed by atoms with van der Waals surface area (Å²) in [7, 11) is 0. The van der Waals surface area contributed by atoms with Gasteiger partial charge in [0.1, 0.15) is 11.8 Å². The topological polar surface area (TPSA) is 36.7 Å². The van der Waals surface area contributed by atoms with Crippen molar-refractivity contribution in [3.8, 4) is 17.9 Å². The molecule has 0 bridgehead atoms. The first-order valence-electron chi connectivity index (χ1n) is 5.24. The van der Waals surface area contributed by atoms with Gasteiger partial charge in [0.2, 0.25) is 0 Å². The molecule has 0 saturated carbocycles. The number of rotatable bonds is 0. The third kappa shape index (κ3) is 2.71. The van der Waals surface area contributed by atoms with Gasteiger partial charge in [0.15, 0.2) is 0 Å². The van der Waals surface area contributed by atoms with Crippen molar-refractivity contribution < 1.29 is 0 Å². The standard InChI is InChI=1S/C15H10N2/c1-12-14(11-16)8-10-15(17-12)9-7-13-5-3-2-4-6-13/h2-6,8,10H,1H3. The Morgan fingerprint density at radius 1 is 1.00 bits per heavy atom. The molecule has 2 nitrogen and oxygen atoms in total. The van der Waals surface area contributed by atoms with E-state index in [4.69, 9.17) is 5.26 Å². The lowest BCUT2D eigenvalue weighted by molar-refractivity contribution is 1.16. The summed E-state index contributed by atoms with van der Waals surface area (Å²) < 4.78 is 0. The molecule has 17 heavy (non-hydrogen) atoms. The zero-order chi connectivity index (χ0) is 12.1. The highest BCUT2D eigenvalue weighted by atomic mass is 14.7. The van der Waals surface area contributed by atoms with E-state index in [0.29, 0.717) is 17.0 Å². The second kappa shape index (κ2) is 4.96. The number of hydrogen-bond donors (Lipinski definition) is 0. The van der Waals surface area contributed by atoms with Gasteiger partial charge in [0.05, 0.1) is 11.3 Å². The first-order chi connectivity index (χ1) is 8.29. The SMILES string of the molecule is Cc1nc(C#Cc2ccccc2)ccc1C#N. The highest BCUT2D eigenvalue weighted by molar-refractivity contribution is 5.42. The van der Waals surface area contributed by atoms with Crippen LogP contribution >= 0.6 is 0 Å². The molecule has 1 heterocycles. The molecule has 2 heteroatoms. The summed E-state index contributed by atoms with van der Waals surface area (Å²) in [6, 6.07) is 15.3. The van der Waals surface area contributed by atoms with Gasteiger partial charge in [0, 0.05) is 5.56 Å². The van der Waals surface area contributed by atoms with Crippen molar-refractivity contribution >= 4 is 0 Å². The number of aromatic nitrogens is 1. The van der Waals surface area contributed by atoms with E-state index in [9.17, 15) is 0 Å². The molecule has 0 aliphatic heterocycles. The van der Waals surface area contributed by atoms with Crippen molar-refractivity contribution in [3.05, 3.63) is 65.0 Å². The van der Waals surface area contributed by atoms with Crippen LogP contribution < -0.4 is 0 Å². The molecule has 0 aliphatic carbocycles. The Labute approximate surface area is 101 Å². The number of nitriles is 1. The maximum absolute atomic E-state index is 8.79. The van der Waals surface area contributed by atoms with Crippen LogP contribution in [0.1, 0.15) is 22.5 Å². The van der Waals surface area contributed by atoms with Gasteiger partial charge < -0.3 is 0 Å². The van der Waals surface area contributed by atoms with Crippen LogP contribution in [0.5, 0.6) is 0 Å². The number of hydrogen-bond acceptors (Lipinski definition) is 2. The summed E-state index contributed by atoms with van der Waals surface area (Å²) in [6.07, 6.45) is 0. The molecule has 0 amide bonds.